The van der Waals surface area contributed by atoms with Crippen LogP contribution in [0.25, 0.3) is 0 Å². The van der Waals surface area contributed by atoms with E-state index in [-0.39, 0.29) is 12.7 Å². The van der Waals surface area contributed by atoms with Gasteiger partial charge in [-0.1, -0.05) is 6.07 Å². The number of hydrogen-bond acceptors (Lipinski definition) is 6. The van der Waals surface area contributed by atoms with E-state index in [1.165, 1.54) is 0 Å². The highest BCUT2D eigenvalue weighted by Gasteiger charge is 2.21. The summed E-state index contributed by atoms with van der Waals surface area (Å²) < 4.78 is 10.7. The van der Waals surface area contributed by atoms with Crippen LogP contribution in [0.2, 0.25) is 0 Å². The largest absolute Gasteiger partial charge is 0.454 e. The summed E-state index contributed by atoms with van der Waals surface area (Å²) in [6, 6.07) is 9.32. The molecule has 0 aliphatic carbocycles. The van der Waals surface area contributed by atoms with Gasteiger partial charge in [-0.05, 0) is 36.9 Å². The monoisotopic (exact) mass is 354 g/mol. The van der Waals surface area contributed by atoms with Gasteiger partial charge >= 0.3 is 0 Å². The van der Waals surface area contributed by atoms with Gasteiger partial charge in [-0.2, -0.15) is 0 Å². The number of piperazine rings is 1. The number of fused-ring (bicyclic) bond motifs is 1. The average molecular weight is 354 g/mol. The maximum atomic E-state index is 12.7. The van der Waals surface area contributed by atoms with Crippen molar-refractivity contribution in [2.75, 3.05) is 44.9 Å². The first kappa shape index (κ1) is 16.7. The van der Waals surface area contributed by atoms with Crippen molar-refractivity contribution in [2.45, 2.75) is 6.54 Å². The molecule has 7 nitrogen and oxygen atoms in total. The molecule has 0 atom stereocenters. The van der Waals surface area contributed by atoms with Crippen molar-refractivity contribution in [1.82, 2.24) is 15.2 Å². The lowest BCUT2D eigenvalue weighted by Gasteiger charge is -2.34. The Bertz CT molecular complexity index is 803. The quantitative estimate of drug-likeness (QED) is 0.897. The Kier molecular flexibility index (Phi) is 4.62. The van der Waals surface area contributed by atoms with Gasteiger partial charge < -0.3 is 24.6 Å². The van der Waals surface area contributed by atoms with Gasteiger partial charge in [0.05, 0.1) is 5.56 Å². The van der Waals surface area contributed by atoms with Crippen LogP contribution in [-0.2, 0) is 6.54 Å². The van der Waals surface area contributed by atoms with E-state index >= 15 is 0 Å². The highest BCUT2D eigenvalue weighted by Crippen LogP contribution is 2.32. The lowest BCUT2D eigenvalue weighted by atomic mass is 10.1. The van der Waals surface area contributed by atoms with Gasteiger partial charge in [0.25, 0.3) is 5.91 Å². The zero-order valence-corrected chi connectivity index (χ0v) is 14.8. The third-order valence-electron chi connectivity index (χ3n) is 4.72. The van der Waals surface area contributed by atoms with Crippen molar-refractivity contribution < 1.29 is 14.3 Å². The summed E-state index contributed by atoms with van der Waals surface area (Å²) in [6.07, 6.45) is 1.74. The van der Waals surface area contributed by atoms with Crippen LogP contribution in [0.15, 0.2) is 36.5 Å². The number of nitrogens with zero attached hydrogens (tertiary/aromatic N) is 3. The highest BCUT2D eigenvalue weighted by atomic mass is 16.7. The Morgan fingerprint density at radius 2 is 1.96 bits per heavy atom. The lowest BCUT2D eigenvalue weighted by Crippen LogP contribution is -2.45. The third-order valence-corrected chi connectivity index (χ3v) is 4.72. The lowest BCUT2D eigenvalue weighted by molar-refractivity contribution is 0.0951. The van der Waals surface area contributed by atoms with E-state index < -0.39 is 0 Å². The smallest absolute Gasteiger partial charge is 0.255 e. The standard InChI is InChI=1S/C19H22N4O3/c1-22-7-9-23(10-8-22)18-15(3-2-6-20-18)19(24)21-12-14-4-5-16-17(11-14)26-13-25-16/h2-6,11H,7-10,12-13H2,1H3,(H,21,24). The Morgan fingerprint density at radius 3 is 2.81 bits per heavy atom. The van der Waals surface area contributed by atoms with Crippen LogP contribution >= 0.6 is 0 Å². The van der Waals surface area contributed by atoms with Crippen molar-refractivity contribution in [2.24, 2.45) is 0 Å². The number of rotatable bonds is 4. The summed E-state index contributed by atoms with van der Waals surface area (Å²) in [4.78, 5) is 21.6. The Hall–Kier alpha value is -2.80. The molecule has 0 unspecified atom stereocenters. The van der Waals surface area contributed by atoms with Crippen molar-refractivity contribution in [3.8, 4) is 11.5 Å². The van der Waals surface area contributed by atoms with Gasteiger partial charge in [0.1, 0.15) is 5.82 Å². The molecule has 7 heteroatoms. The highest BCUT2D eigenvalue weighted by molar-refractivity contribution is 5.98. The van der Waals surface area contributed by atoms with Gasteiger partial charge in [-0.25, -0.2) is 4.98 Å². The fraction of sp³-hybridized carbons (Fsp3) is 0.368. The molecule has 1 aromatic carbocycles. The molecule has 0 spiro atoms. The third kappa shape index (κ3) is 3.43. The summed E-state index contributed by atoms with van der Waals surface area (Å²) >= 11 is 0. The van der Waals surface area contributed by atoms with Gasteiger partial charge in [0.2, 0.25) is 6.79 Å². The molecule has 1 saturated heterocycles. The number of benzene rings is 1. The molecule has 0 radical (unpaired) electrons. The van der Waals surface area contributed by atoms with Crippen LogP contribution in [0.1, 0.15) is 15.9 Å². The predicted molar refractivity (Wildman–Crippen MR) is 97.7 cm³/mol. The minimum Gasteiger partial charge on any atom is -0.454 e. The number of anilines is 1. The van der Waals surface area contributed by atoms with Crippen molar-refractivity contribution in [3.63, 3.8) is 0 Å². The molecule has 1 amide bonds. The zero-order valence-electron chi connectivity index (χ0n) is 14.8. The SMILES string of the molecule is CN1CCN(c2ncccc2C(=O)NCc2ccc3c(c2)OCO3)CC1. The molecule has 2 aliphatic heterocycles. The Labute approximate surface area is 152 Å². The van der Waals surface area contributed by atoms with E-state index in [0.29, 0.717) is 12.1 Å². The number of carbonyl (C=O) groups excluding carboxylic acids is 1. The van der Waals surface area contributed by atoms with Crippen LogP contribution in [-0.4, -0.2) is 55.8 Å². The second-order valence-electron chi connectivity index (χ2n) is 6.54. The Balaban J connectivity index is 1.45. The van der Waals surface area contributed by atoms with Crippen LogP contribution in [0.4, 0.5) is 5.82 Å². The van der Waals surface area contributed by atoms with E-state index in [2.05, 4.69) is 27.1 Å². The molecule has 3 heterocycles. The molecule has 4 rings (SSSR count). The first-order valence-electron chi connectivity index (χ1n) is 8.76. The van der Waals surface area contributed by atoms with E-state index in [1.54, 1.807) is 12.3 Å². The zero-order chi connectivity index (χ0) is 17.9. The first-order chi connectivity index (χ1) is 12.7. The van der Waals surface area contributed by atoms with E-state index in [4.69, 9.17) is 9.47 Å². The first-order valence-corrected chi connectivity index (χ1v) is 8.76. The predicted octanol–water partition coefficient (Wildman–Crippen LogP) is 1.49. The molecule has 2 aromatic rings. The minimum atomic E-state index is -0.121. The molecule has 1 N–H and O–H groups in total. The number of pyridine rings is 1. The molecular weight excluding hydrogens is 332 g/mol. The molecule has 2 aliphatic rings. The summed E-state index contributed by atoms with van der Waals surface area (Å²) in [7, 11) is 2.11. The van der Waals surface area contributed by atoms with Crippen LogP contribution < -0.4 is 19.7 Å². The second-order valence-corrected chi connectivity index (χ2v) is 6.54. The van der Waals surface area contributed by atoms with Crippen molar-refractivity contribution in [3.05, 3.63) is 47.7 Å². The van der Waals surface area contributed by atoms with Crippen LogP contribution in [0.5, 0.6) is 11.5 Å². The van der Waals surface area contributed by atoms with E-state index in [0.717, 1.165) is 49.1 Å². The molecule has 26 heavy (non-hydrogen) atoms. The van der Waals surface area contributed by atoms with Gasteiger partial charge in [-0.15, -0.1) is 0 Å². The van der Waals surface area contributed by atoms with Crippen molar-refractivity contribution in [1.29, 1.82) is 0 Å². The van der Waals surface area contributed by atoms with Gasteiger partial charge in [-0.3, -0.25) is 4.79 Å². The number of likely N-dealkylation sites (N-methyl/N-ethyl adjacent to an activating group) is 1. The average Bonchev–Trinajstić information content (AvgIpc) is 3.14. The number of amides is 1. The Morgan fingerprint density at radius 1 is 1.15 bits per heavy atom. The number of ether oxygens (including phenoxy) is 2. The topological polar surface area (TPSA) is 66.9 Å². The number of carbonyl (C=O) groups is 1. The fourth-order valence-corrected chi connectivity index (χ4v) is 3.17. The van der Waals surface area contributed by atoms with E-state index in [1.807, 2.05) is 24.3 Å². The second kappa shape index (κ2) is 7.21. The molecule has 0 saturated carbocycles. The summed E-state index contributed by atoms with van der Waals surface area (Å²) in [5, 5.41) is 2.98. The molecule has 1 aromatic heterocycles. The molecule has 136 valence electrons. The number of nitrogens with one attached hydrogen (secondary N) is 1. The number of hydrogen-bond donors (Lipinski definition) is 1. The molecular formula is C19H22N4O3. The van der Waals surface area contributed by atoms with Gasteiger partial charge in [0.15, 0.2) is 11.5 Å². The normalized spacial score (nSPS) is 16.6. The number of aromatic nitrogens is 1. The van der Waals surface area contributed by atoms with Crippen LogP contribution in [0.3, 0.4) is 0 Å². The minimum absolute atomic E-state index is 0.121. The summed E-state index contributed by atoms with van der Waals surface area (Å²) in [5.41, 5.74) is 1.57. The fourth-order valence-electron chi connectivity index (χ4n) is 3.17. The molecule has 0 bridgehead atoms. The van der Waals surface area contributed by atoms with Crippen LogP contribution in [0, 0.1) is 0 Å². The summed E-state index contributed by atoms with van der Waals surface area (Å²) in [6.45, 7) is 4.34. The van der Waals surface area contributed by atoms with Gasteiger partial charge in [0, 0.05) is 38.9 Å². The van der Waals surface area contributed by atoms with Crippen molar-refractivity contribution >= 4 is 11.7 Å². The maximum Gasteiger partial charge on any atom is 0.255 e. The summed E-state index contributed by atoms with van der Waals surface area (Å²) in [5.74, 6) is 2.09. The maximum absolute atomic E-state index is 12.7. The van der Waals surface area contributed by atoms with E-state index in [9.17, 15) is 4.79 Å². The molecule has 1 fully saturated rings.